The van der Waals surface area contributed by atoms with Crippen molar-refractivity contribution >= 4 is 11.6 Å². The molecule has 1 aromatic rings. The maximum atomic E-state index is 13.3. The fourth-order valence-corrected chi connectivity index (χ4v) is 2.38. The molecule has 1 fully saturated rings. The highest BCUT2D eigenvalue weighted by Crippen LogP contribution is 2.19. The lowest BCUT2D eigenvalue weighted by Crippen LogP contribution is -2.33. The molecule has 0 saturated carbocycles. The van der Waals surface area contributed by atoms with E-state index in [2.05, 4.69) is 16.7 Å². The second-order valence-electron chi connectivity index (χ2n) is 4.83. The van der Waals surface area contributed by atoms with Gasteiger partial charge in [0, 0.05) is 12.6 Å². The van der Waals surface area contributed by atoms with Crippen molar-refractivity contribution in [3.63, 3.8) is 0 Å². The number of hydrogen-bond donors (Lipinski definition) is 0. The Hall–Kier alpha value is -1.24. The Labute approximate surface area is 124 Å². The van der Waals surface area contributed by atoms with E-state index in [-0.39, 0.29) is 11.7 Å². The van der Waals surface area contributed by atoms with Gasteiger partial charge in [0.1, 0.15) is 18.2 Å². The van der Waals surface area contributed by atoms with Crippen LogP contribution in [0.15, 0.2) is 18.2 Å². The summed E-state index contributed by atoms with van der Waals surface area (Å²) in [7, 11) is 0. The van der Waals surface area contributed by atoms with Crippen molar-refractivity contribution in [2.45, 2.75) is 19.3 Å². The van der Waals surface area contributed by atoms with Gasteiger partial charge in [0.05, 0.1) is 11.4 Å². The molecule has 1 saturated heterocycles. The van der Waals surface area contributed by atoms with Crippen LogP contribution < -0.4 is 4.74 Å². The number of hydrogen-bond acceptors (Lipinski definition) is 2. The molecule has 0 spiro atoms. The summed E-state index contributed by atoms with van der Waals surface area (Å²) >= 11 is 5.55. The van der Waals surface area contributed by atoms with E-state index in [1.165, 1.54) is 31.4 Å². The minimum absolute atomic E-state index is 0.255. The molecule has 1 heterocycles. The fraction of sp³-hybridized carbons (Fsp3) is 0.500. The summed E-state index contributed by atoms with van der Waals surface area (Å²) in [6.45, 7) is 3.69. The number of piperidine rings is 1. The summed E-state index contributed by atoms with van der Waals surface area (Å²) in [5.41, 5.74) is 0.686. The Morgan fingerprint density at radius 1 is 1.25 bits per heavy atom. The third kappa shape index (κ3) is 4.70. The second kappa shape index (κ2) is 8.14. The zero-order valence-corrected chi connectivity index (χ0v) is 12.3. The largest absolute Gasteiger partial charge is 0.491 e. The van der Waals surface area contributed by atoms with Crippen LogP contribution >= 0.6 is 11.6 Å². The zero-order valence-electron chi connectivity index (χ0n) is 11.5. The zero-order chi connectivity index (χ0) is 14.2. The molecule has 2 nitrogen and oxygen atoms in total. The van der Waals surface area contributed by atoms with Crippen LogP contribution in [-0.4, -0.2) is 37.0 Å². The van der Waals surface area contributed by atoms with Crippen molar-refractivity contribution < 1.29 is 9.13 Å². The maximum absolute atomic E-state index is 13.3. The first-order valence-corrected chi connectivity index (χ1v) is 7.52. The summed E-state index contributed by atoms with van der Waals surface area (Å²) in [4.78, 5) is 2.38. The molecule has 0 amide bonds. The van der Waals surface area contributed by atoms with Gasteiger partial charge < -0.3 is 4.74 Å². The van der Waals surface area contributed by atoms with Gasteiger partial charge in [-0.15, -0.1) is 11.6 Å². The third-order valence-electron chi connectivity index (χ3n) is 3.35. The van der Waals surface area contributed by atoms with Crippen LogP contribution in [-0.2, 0) is 0 Å². The standard InChI is InChI=1S/C16H19ClFNO/c17-8-4-5-14-6-7-15(18)13-16(14)20-12-11-19-9-2-1-3-10-19/h6-7,13H,1-3,8-12H2. The van der Waals surface area contributed by atoms with E-state index >= 15 is 0 Å². The summed E-state index contributed by atoms with van der Waals surface area (Å²) in [5.74, 6) is 6.10. The summed E-state index contributed by atoms with van der Waals surface area (Å²) < 4.78 is 19.0. The van der Waals surface area contributed by atoms with Crippen molar-refractivity contribution in [1.82, 2.24) is 4.90 Å². The lowest BCUT2D eigenvalue weighted by Gasteiger charge is -2.26. The number of rotatable bonds is 4. The van der Waals surface area contributed by atoms with Crippen molar-refractivity contribution in [3.05, 3.63) is 29.6 Å². The fourth-order valence-electron chi connectivity index (χ4n) is 2.32. The molecule has 0 N–H and O–H groups in total. The highest BCUT2D eigenvalue weighted by atomic mass is 35.5. The predicted molar refractivity (Wildman–Crippen MR) is 79.8 cm³/mol. The molecular weight excluding hydrogens is 277 g/mol. The van der Waals surface area contributed by atoms with Crippen molar-refractivity contribution in [2.75, 3.05) is 32.1 Å². The molecule has 0 atom stereocenters. The summed E-state index contributed by atoms with van der Waals surface area (Å²) in [6, 6.07) is 4.40. The molecule has 20 heavy (non-hydrogen) atoms. The number of benzene rings is 1. The Morgan fingerprint density at radius 2 is 2.05 bits per heavy atom. The van der Waals surface area contributed by atoms with Gasteiger partial charge in [-0.05, 0) is 38.1 Å². The minimum Gasteiger partial charge on any atom is -0.491 e. The molecule has 0 radical (unpaired) electrons. The Kier molecular flexibility index (Phi) is 6.17. The number of alkyl halides is 1. The molecule has 0 aromatic heterocycles. The van der Waals surface area contributed by atoms with Crippen LogP contribution in [0.2, 0.25) is 0 Å². The van der Waals surface area contributed by atoms with Gasteiger partial charge in [-0.25, -0.2) is 4.39 Å². The monoisotopic (exact) mass is 295 g/mol. The van der Waals surface area contributed by atoms with Gasteiger partial charge in [0.2, 0.25) is 0 Å². The van der Waals surface area contributed by atoms with Gasteiger partial charge in [-0.2, -0.15) is 0 Å². The summed E-state index contributed by atoms with van der Waals surface area (Å²) in [5, 5.41) is 0. The SMILES string of the molecule is Fc1ccc(C#CCCl)c(OCCN2CCCCC2)c1. The van der Waals surface area contributed by atoms with Gasteiger partial charge in [0.15, 0.2) is 0 Å². The Morgan fingerprint density at radius 3 is 2.80 bits per heavy atom. The number of ether oxygens (including phenoxy) is 1. The van der Waals surface area contributed by atoms with E-state index < -0.39 is 0 Å². The van der Waals surface area contributed by atoms with Crippen molar-refractivity contribution in [2.24, 2.45) is 0 Å². The average molecular weight is 296 g/mol. The number of nitrogens with zero attached hydrogens (tertiary/aromatic N) is 1. The Balaban J connectivity index is 1.91. The van der Waals surface area contributed by atoms with Gasteiger partial charge in [-0.1, -0.05) is 18.3 Å². The smallest absolute Gasteiger partial charge is 0.137 e. The van der Waals surface area contributed by atoms with Crippen LogP contribution in [0, 0.1) is 17.7 Å². The predicted octanol–water partition coefficient (Wildman–Crippen LogP) is 3.28. The number of halogens is 2. The third-order valence-corrected chi connectivity index (χ3v) is 3.48. The lowest BCUT2D eigenvalue weighted by atomic mass is 10.1. The van der Waals surface area contributed by atoms with E-state index in [1.807, 2.05) is 0 Å². The van der Waals surface area contributed by atoms with E-state index in [0.717, 1.165) is 19.6 Å². The van der Waals surface area contributed by atoms with E-state index in [1.54, 1.807) is 6.07 Å². The number of likely N-dealkylation sites (tertiary alicyclic amines) is 1. The molecule has 0 bridgehead atoms. The molecule has 108 valence electrons. The van der Waals surface area contributed by atoms with Crippen LogP contribution in [0.5, 0.6) is 5.75 Å². The highest BCUT2D eigenvalue weighted by molar-refractivity contribution is 6.19. The molecule has 0 aliphatic carbocycles. The highest BCUT2D eigenvalue weighted by Gasteiger charge is 2.10. The van der Waals surface area contributed by atoms with Gasteiger partial charge >= 0.3 is 0 Å². The van der Waals surface area contributed by atoms with Gasteiger partial charge in [0.25, 0.3) is 0 Å². The first-order chi connectivity index (χ1) is 9.79. The first kappa shape index (κ1) is 15.2. The molecular formula is C16H19ClFNO. The molecule has 1 aliphatic heterocycles. The molecule has 1 aliphatic rings. The van der Waals surface area contributed by atoms with Crippen molar-refractivity contribution in [1.29, 1.82) is 0 Å². The maximum Gasteiger partial charge on any atom is 0.137 e. The van der Waals surface area contributed by atoms with Crippen LogP contribution in [0.3, 0.4) is 0 Å². The van der Waals surface area contributed by atoms with Crippen LogP contribution in [0.1, 0.15) is 24.8 Å². The molecule has 1 aromatic carbocycles. The normalized spacial score (nSPS) is 15.5. The quantitative estimate of drug-likeness (QED) is 0.624. The van der Waals surface area contributed by atoms with E-state index in [9.17, 15) is 4.39 Å². The second-order valence-corrected chi connectivity index (χ2v) is 5.09. The summed E-state index contributed by atoms with van der Waals surface area (Å²) in [6.07, 6.45) is 3.83. The van der Waals surface area contributed by atoms with Crippen LogP contribution in [0.4, 0.5) is 4.39 Å². The van der Waals surface area contributed by atoms with E-state index in [0.29, 0.717) is 17.9 Å². The minimum atomic E-state index is -0.311. The van der Waals surface area contributed by atoms with Crippen LogP contribution in [0.25, 0.3) is 0 Å². The Bertz CT molecular complexity index is 489. The molecule has 4 heteroatoms. The first-order valence-electron chi connectivity index (χ1n) is 6.99. The lowest BCUT2D eigenvalue weighted by molar-refractivity contribution is 0.183. The van der Waals surface area contributed by atoms with Gasteiger partial charge in [-0.3, -0.25) is 4.90 Å². The topological polar surface area (TPSA) is 12.5 Å². The molecule has 0 unspecified atom stereocenters. The van der Waals surface area contributed by atoms with Crippen molar-refractivity contribution in [3.8, 4) is 17.6 Å². The molecule has 2 rings (SSSR count). The average Bonchev–Trinajstić information content (AvgIpc) is 2.47. The van der Waals surface area contributed by atoms with E-state index in [4.69, 9.17) is 16.3 Å².